The third kappa shape index (κ3) is 6.30. The SMILES string of the molecule is N[C@@H](Cc1ccc(OCCCCC2CCNCC2)c(Cl)c1)C(=O)O. The van der Waals surface area contributed by atoms with Gasteiger partial charge in [0.1, 0.15) is 11.8 Å². The molecule has 5 nitrogen and oxygen atoms in total. The molecule has 1 aromatic carbocycles. The Morgan fingerprint density at radius 1 is 1.38 bits per heavy atom. The van der Waals surface area contributed by atoms with Crippen molar-refractivity contribution in [3.63, 3.8) is 0 Å². The molecule has 1 heterocycles. The van der Waals surface area contributed by atoms with Gasteiger partial charge in [-0.15, -0.1) is 0 Å². The van der Waals surface area contributed by atoms with Gasteiger partial charge in [-0.3, -0.25) is 4.79 Å². The van der Waals surface area contributed by atoms with Crippen LogP contribution in [0, 0.1) is 5.92 Å². The van der Waals surface area contributed by atoms with Gasteiger partial charge in [-0.2, -0.15) is 0 Å². The molecule has 1 saturated heterocycles. The molecule has 0 unspecified atom stereocenters. The summed E-state index contributed by atoms with van der Waals surface area (Å²) in [5, 5.41) is 12.7. The summed E-state index contributed by atoms with van der Waals surface area (Å²) in [4.78, 5) is 10.8. The summed E-state index contributed by atoms with van der Waals surface area (Å²) in [6.07, 6.45) is 6.29. The Morgan fingerprint density at radius 3 is 2.79 bits per heavy atom. The monoisotopic (exact) mass is 354 g/mol. The van der Waals surface area contributed by atoms with Crippen LogP contribution in [0.4, 0.5) is 0 Å². The average molecular weight is 355 g/mol. The number of nitrogens with one attached hydrogen (secondary N) is 1. The van der Waals surface area contributed by atoms with E-state index in [9.17, 15) is 4.79 Å². The maximum absolute atomic E-state index is 10.8. The lowest BCUT2D eigenvalue weighted by Crippen LogP contribution is -2.32. The summed E-state index contributed by atoms with van der Waals surface area (Å²) < 4.78 is 5.74. The van der Waals surface area contributed by atoms with E-state index in [1.807, 2.05) is 6.07 Å². The molecule has 1 aromatic rings. The number of aliphatic carboxylic acids is 1. The minimum Gasteiger partial charge on any atom is -0.492 e. The fourth-order valence-corrected chi connectivity index (χ4v) is 3.27. The zero-order chi connectivity index (χ0) is 17.4. The summed E-state index contributed by atoms with van der Waals surface area (Å²) >= 11 is 6.21. The molecule has 1 aliphatic rings. The van der Waals surface area contributed by atoms with Crippen LogP contribution in [0.2, 0.25) is 5.02 Å². The van der Waals surface area contributed by atoms with Gasteiger partial charge in [0, 0.05) is 0 Å². The fraction of sp³-hybridized carbons (Fsp3) is 0.611. The van der Waals surface area contributed by atoms with Crippen molar-refractivity contribution in [1.82, 2.24) is 5.32 Å². The van der Waals surface area contributed by atoms with Crippen molar-refractivity contribution >= 4 is 17.6 Å². The molecule has 0 amide bonds. The Bertz CT molecular complexity index is 533. The highest BCUT2D eigenvalue weighted by molar-refractivity contribution is 6.32. The summed E-state index contributed by atoms with van der Waals surface area (Å²) in [7, 11) is 0. The predicted octanol–water partition coefficient (Wildman–Crippen LogP) is 2.84. The zero-order valence-corrected chi connectivity index (χ0v) is 14.7. The van der Waals surface area contributed by atoms with Crippen molar-refractivity contribution in [1.29, 1.82) is 0 Å². The number of benzene rings is 1. The summed E-state index contributed by atoms with van der Waals surface area (Å²) in [6, 6.07) is 4.43. The van der Waals surface area contributed by atoms with Gasteiger partial charge >= 0.3 is 5.97 Å². The molecule has 0 bridgehead atoms. The molecule has 24 heavy (non-hydrogen) atoms. The third-order valence-corrected chi connectivity index (χ3v) is 4.79. The summed E-state index contributed by atoms with van der Waals surface area (Å²) in [5.41, 5.74) is 6.33. The number of carbonyl (C=O) groups is 1. The highest BCUT2D eigenvalue weighted by Crippen LogP contribution is 2.26. The highest BCUT2D eigenvalue weighted by atomic mass is 35.5. The first-order valence-corrected chi connectivity index (χ1v) is 9.04. The Labute approximate surface area is 148 Å². The molecule has 1 atom stereocenters. The van der Waals surface area contributed by atoms with Gasteiger partial charge in [-0.1, -0.05) is 24.1 Å². The van der Waals surface area contributed by atoms with Crippen LogP contribution in [-0.4, -0.2) is 36.8 Å². The molecule has 0 saturated carbocycles. The highest BCUT2D eigenvalue weighted by Gasteiger charge is 2.14. The molecular formula is C18H27ClN2O3. The first kappa shape index (κ1) is 19.0. The van der Waals surface area contributed by atoms with E-state index < -0.39 is 12.0 Å². The van der Waals surface area contributed by atoms with Crippen LogP contribution in [0.5, 0.6) is 5.75 Å². The summed E-state index contributed by atoms with van der Waals surface area (Å²) in [5.74, 6) is 0.485. The van der Waals surface area contributed by atoms with Crippen molar-refractivity contribution in [3.8, 4) is 5.75 Å². The van der Waals surface area contributed by atoms with Gasteiger partial charge in [0.2, 0.25) is 0 Å². The number of piperidine rings is 1. The van der Waals surface area contributed by atoms with Crippen molar-refractivity contribution in [2.45, 2.75) is 44.6 Å². The summed E-state index contributed by atoms with van der Waals surface area (Å²) in [6.45, 7) is 2.95. The van der Waals surface area contributed by atoms with Crippen LogP contribution >= 0.6 is 11.6 Å². The molecule has 1 aliphatic heterocycles. The molecular weight excluding hydrogens is 328 g/mol. The lowest BCUT2D eigenvalue weighted by molar-refractivity contribution is -0.138. The van der Waals surface area contributed by atoms with Gasteiger partial charge < -0.3 is 20.9 Å². The van der Waals surface area contributed by atoms with Crippen LogP contribution in [0.25, 0.3) is 0 Å². The van der Waals surface area contributed by atoms with Gasteiger partial charge in [0.15, 0.2) is 0 Å². The lowest BCUT2D eigenvalue weighted by atomic mass is 9.93. The number of hydrogen-bond donors (Lipinski definition) is 3. The van der Waals surface area contributed by atoms with Crippen LogP contribution in [0.15, 0.2) is 18.2 Å². The maximum atomic E-state index is 10.8. The first-order valence-electron chi connectivity index (χ1n) is 8.66. The smallest absolute Gasteiger partial charge is 0.320 e. The normalized spacial score (nSPS) is 16.8. The Hall–Kier alpha value is -1.30. The van der Waals surface area contributed by atoms with E-state index in [0.29, 0.717) is 17.4 Å². The number of ether oxygens (including phenoxy) is 1. The molecule has 0 spiro atoms. The number of hydrogen-bond acceptors (Lipinski definition) is 4. The second-order valence-electron chi connectivity index (χ2n) is 6.45. The zero-order valence-electron chi connectivity index (χ0n) is 14.0. The van der Waals surface area contributed by atoms with E-state index in [2.05, 4.69) is 5.32 Å². The van der Waals surface area contributed by atoms with Crippen LogP contribution in [0.1, 0.15) is 37.7 Å². The van der Waals surface area contributed by atoms with Crippen molar-refractivity contribution < 1.29 is 14.6 Å². The Morgan fingerprint density at radius 2 is 2.12 bits per heavy atom. The predicted molar refractivity (Wildman–Crippen MR) is 95.7 cm³/mol. The molecule has 0 radical (unpaired) electrons. The Kier molecular flexibility index (Phi) is 7.82. The minimum absolute atomic E-state index is 0.256. The number of rotatable bonds is 9. The van der Waals surface area contributed by atoms with Crippen LogP contribution in [-0.2, 0) is 11.2 Å². The van der Waals surface area contributed by atoms with Gasteiger partial charge in [0.05, 0.1) is 11.6 Å². The first-order chi connectivity index (χ1) is 11.6. The van der Waals surface area contributed by atoms with Crippen molar-refractivity contribution in [3.05, 3.63) is 28.8 Å². The van der Waals surface area contributed by atoms with Gasteiger partial charge in [-0.05, 0) is 68.8 Å². The fourth-order valence-electron chi connectivity index (χ4n) is 3.02. The quantitative estimate of drug-likeness (QED) is 0.594. The van der Waals surface area contributed by atoms with Crippen molar-refractivity contribution in [2.75, 3.05) is 19.7 Å². The number of halogens is 1. The molecule has 6 heteroatoms. The van der Waals surface area contributed by atoms with E-state index in [4.69, 9.17) is 27.2 Å². The van der Waals surface area contributed by atoms with E-state index in [1.165, 1.54) is 25.7 Å². The van der Waals surface area contributed by atoms with Crippen LogP contribution < -0.4 is 15.8 Å². The molecule has 1 fully saturated rings. The van der Waals surface area contributed by atoms with E-state index >= 15 is 0 Å². The van der Waals surface area contributed by atoms with Gasteiger partial charge in [-0.25, -0.2) is 0 Å². The number of carboxylic acid groups (broad SMARTS) is 1. The minimum atomic E-state index is -1.01. The molecule has 2 rings (SSSR count). The average Bonchev–Trinajstić information content (AvgIpc) is 2.57. The van der Waals surface area contributed by atoms with Crippen LogP contribution in [0.3, 0.4) is 0 Å². The van der Waals surface area contributed by atoms with Crippen molar-refractivity contribution in [2.24, 2.45) is 11.7 Å². The molecule has 4 N–H and O–H groups in total. The number of carboxylic acids is 1. The van der Waals surface area contributed by atoms with Gasteiger partial charge in [0.25, 0.3) is 0 Å². The second kappa shape index (κ2) is 9.87. The molecule has 0 aromatic heterocycles. The standard InChI is InChI=1S/C18H27ClN2O3/c19-15-11-14(12-16(20)18(22)23)4-5-17(15)24-10-2-1-3-13-6-8-21-9-7-13/h4-5,11,13,16,21H,1-3,6-10,12,20H2,(H,22,23)/t16-/m0/s1. The second-order valence-corrected chi connectivity index (χ2v) is 6.86. The molecule has 0 aliphatic carbocycles. The largest absolute Gasteiger partial charge is 0.492 e. The van der Waals surface area contributed by atoms with E-state index in [-0.39, 0.29) is 6.42 Å². The topological polar surface area (TPSA) is 84.6 Å². The van der Waals surface area contributed by atoms with E-state index in [0.717, 1.165) is 31.0 Å². The number of unbranched alkanes of at least 4 members (excludes halogenated alkanes) is 1. The maximum Gasteiger partial charge on any atom is 0.320 e. The molecule has 134 valence electrons. The van der Waals surface area contributed by atoms with E-state index in [1.54, 1.807) is 12.1 Å². The number of nitrogens with two attached hydrogens (primary N) is 1. The Balaban J connectivity index is 1.69. The lowest BCUT2D eigenvalue weighted by Gasteiger charge is -2.22. The third-order valence-electron chi connectivity index (χ3n) is 4.49.